The Morgan fingerprint density at radius 1 is 1.38 bits per heavy atom. The largest absolute Gasteiger partial charge is 0.381 e. The summed E-state index contributed by atoms with van der Waals surface area (Å²) in [4.78, 5) is 7.26. The average Bonchev–Trinajstić information content (AvgIpc) is 3.27. The van der Waals surface area contributed by atoms with Crippen molar-refractivity contribution in [3.8, 4) is 0 Å². The summed E-state index contributed by atoms with van der Waals surface area (Å²) in [5, 5.41) is 3.43. The number of aliphatic imine (C=N–C) groups is 1. The normalized spacial score (nSPS) is 21.4. The molecular formula is C20H31FIN3O. The van der Waals surface area contributed by atoms with Gasteiger partial charge in [-0.2, -0.15) is 0 Å². The lowest BCUT2D eigenvalue weighted by atomic mass is 9.96. The average molecular weight is 475 g/mol. The van der Waals surface area contributed by atoms with Gasteiger partial charge < -0.3 is 15.0 Å². The maximum absolute atomic E-state index is 13.6. The Balaban J connectivity index is 0.00000243. The topological polar surface area (TPSA) is 36.9 Å². The van der Waals surface area contributed by atoms with E-state index >= 15 is 0 Å². The van der Waals surface area contributed by atoms with E-state index in [9.17, 15) is 4.39 Å². The molecule has 26 heavy (non-hydrogen) atoms. The molecule has 6 heteroatoms. The van der Waals surface area contributed by atoms with Crippen LogP contribution in [0.15, 0.2) is 29.3 Å². The Morgan fingerprint density at radius 2 is 2.19 bits per heavy atom. The van der Waals surface area contributed by atoms with E-state index in [0.29, 0.717) is 5.92 Å². The molecule has 3 rings (SSSR count). The fourth-order valence-corrected chi connectivity index (χ4v) is 3.60. The van der Waals surface area contributed by atoms with Gasteiger partial charge in [0, 0.05) is 37.6 Å². The van der Waals surface area contributed by atoms with Crippen LogP contribution in [0.4, 0.5) is 4.39 Å². The van der Waals surface area contributed by atoms with Crippen LogP contribution in [-0.4, -0.2) is 50.3 Å². The number of benzene rings is 1. The van der Waals surface area contributed by atoms with Crippen LogP contribution in [0.2, 0.25) is 0 Å². The Kier molecular flexibility index (Phi) is 8.13. The first kappa shape index (κ1) is 21.4. The lowest BCUT2D eigenvalue weighted by Crippen LogP contribution is -2.40. The number of likely N-dealkylation sites (tertiary alicyclic amines) is 1. The molecule has 0 spiro atoms. The summed E-state index contributed by atoms with van der Waals surface area (Å²) in [6.45, 7) is 9.36. The Bertz CT molecular complexity index is 606. The first-order valence-corrected chi connectivity index (χ1v) is 9.54. The van der Waals surface area contributed by atoms with Gasteiger partial charge >= 0.3 is 0 Å². The molecule has 1 heterocycles. The minimum atomic E-state index is -0.155. The van der Waals surface area contributed by atoms with Gasteiger partial charge in [0.05, 0.1) is 13.2 Å². The summed E-state index contributed by atoms with van der Waals surface area (Å²) in [6.07, 6.45) is 3.33. The minimum absolute atomic E-state index is 0. The smallest absolute Gasteiger partial charge is 0.193 e. The molecule has 1 saturated heterocycles. The van der Waals surface area contributed by atoms with Gasteiger partial charge in [0.1, 0.15) is 5.82 Å². The summed E-state index contributed by atoms with van der Waals surface area (Å²) in [7, 11) is 0. The molecule has 4 nitrogen and oxygen atoms in total. The van der Waals surface area contributed by atoms with E-state index < -0.39 is 0 Å². The summed E-state index contributed by atoms with van der Waals surface area (Å²) < 4.78 is 19.1. The van der Waals surface area contributed by atoms with Crippen LogP contribution >= 0.6 is 24.0 Å². The summed E-state index contributed by atoms with van der Waals surface area (Å²) in [5.74, 6) is 1.42. The molecule has 1 N–H and O–H groups in total. The molecule has 0 radical (unpaired) electrons. The minimum Gasteiger partial charge on any atom is -0.381 e. The Morgan fingerprint density at radius 3 is 2.85 bits per heavy atom. The van der Waals surface area contributed by atoms with E-state index in [1.165, 1.54) is 6.07 Å². The number of guanidine groups is 1. The van der Waals surface area contributed by atoms with E-state index in [2.05, 4.69) is 17.1 Å². The standard InChI is InChI=1S/C20H30FN3O.HI/c1-3-22-19(24-11-8-16(13-24)14-25-4-2)23-15-20(9-10-20)17-6-5-7-18(21)12-17;/h5-7,12,16H,3-4,8-11,13-15H2,1-2H3,(H,22,23);1H. The molecular weight excluding hydrogens is 444 g/mol. The van der Waals surface area contributed by atoms with Crippen LogP contribution in [0, 0.1) is 11.7 Å². The number of ether oxygens (including phenoxy) is 1. The van der Waals surface area contributed by atoms with Crippen LogP contribution in [0.1, 0.15) is 38.7 Å². The van der Waals surface area contributed by atoms with Gasteiger partial charge in [0.15, 0.2) is 5.96 Å². The SMILES string of the molecule is CCNC(=NCC1(c2cccc(F)c2)CC1)N1CCC(COCC)C1.I. The molecule has 1 aliphatic carbocycles. The highest BCUT2D eigenvalue weighted by molar-refractivity contribution is 14.0. The molecule has 0 amide bonds. The van der Waals surface area contributed by atoms with E-state index in [4.69, 9.17) is 9.73 Å². The van der Waals surface area contributed by atoms with E-state index in [1.54, 1.807) is 12.1 Å². The first-order valence-electron chi connectivity index (χ1n) is 9.54. The van der Waals surface area contributed by atoms with Crippen molar-refractivity contribution in [2.45, 2.75) is 38.5 Å². The quantitative estimate of drug-likeness (QED) is 0.371. The molecule has 2 fully saturated rings. The lowest BCUT2D eigenvalue weighted by molar-refractivity contribution is 0.114. The highest BCUT2D eigenvalue weighted by atomic mass is 127. The first-order chi connectivity index (χ1) is 12.2. The van der Waals surface area contributed by atoms with Crippen molar-refractivity contribution in [2.24, 2.45) is 10.9 Å². The predicted octanol–water partition coefficient (Wildman–Crippen LogP) is 3.80. The number of halogens is 2. The second kappa shape index (κ2) is 9.88. The van der Waals surface area contributed by atoms with Crippen LogP contribution in [-0.2, 0) is 10.2 Å². The molecule has 0 aromatic heterocycles. The zero-order chi connectivity index (χ0) is 17.7. The van der Waals surface area contributed by atoms with Crippen molar-refractivity contribution < 1.29 is 9.13 Å². The van der Waals surface area contributed by atoms with Crippen molar-refractivity contribution >= 4 is 29.9 Å². The van der Waals surface area contributed by atoms with Crippen molar-refractivity contribution in [3.05, 3.63) is 35.6 Å². The molecule has 1 unspecified atom stereocenters. The molecule has 146 valence electrons. The highest BCUT2D eigenvalue weighted by Crippen LogP contribution is 2.48. The van der Waals surface area contributed by atoms with Gasteiger partial charge in [0.2, 0.25) is 0 Å². The van der Waals surface area contributed by atoms with Crippen molar-refractivity contribution in [2.75, 3.05) is 39.4 Å². The molecule has 2 aliphatic rings. The second-order valence-electron chi connectivity index (χ2n) is 7.22. The predicted molar refractivity (Wildman–Crippen MR) is 115 cm³/mol. The van der Waals surface area contributed by atoms with Crippen LogP contribution < -0.4 is 5.32 Å². The van der Waals surface area contributed by atoms with Gasteiger partial charge in [-0.25, -0.2) is 4.39 Å². The fourth-order valence-electron chi connectivity index (χ4n) is 3.60. The second-order valence-corrected chi connectivity index (χ2v) is 7.22. The molecule has 0 bridgehead atoms. The fraction of sp³-hybridized carbons (Fsp3) is 0.650. The lowest BCUT2D eigenvalue weighted by Gasteiger charge is -2.23. The summed E-state index contributed by atoms with van der Waals surface area (Å²) >= 11 is 0. The number of hydrogen-bond donors (Lipinski definition) is 1. The highest BCUT2D eigenvalue weighted by Gasteiger charge is 2.44. The number of nitrogens with one attached hydrogen (secondary N) is 1. The third-order valence-corrected chi connectivity index (χ3v) is 5.30. The monoisotopic (exact) mass is 475 g/mol. The summed E-state index contributed by atoms with van der Waals surface area (Å²) in [6, 6.07) is 7.02. The molecule has 1 aromatic carbocycles. The van der Waals surface area contributed by atoms with E-state index in [-0.39, 0.29) is 35.2 Å². The molecule has 1 atom stereocenters. The Hall–Kier alpha value is -0.890. The maximum atomic E-state index is 13.6. The van der Waals surface area contributed by atoms with Crippen molar-refractivity contribution in [3.63, 3.8) is 0 Å². The van der Waals surface area contributed by atoms with Crippen molar-refractivity contribution in [1.29, 1.82) is 0 Å². The number of nitrogens with zero attached hydrogens (tertiary/aromatic N) is 2. The van der Waals surface area contributed by atoms with Crippen LogP contribution in [0.5, 0.6) is 0 Å². The zero-order valence-electron chi connectivity index (χ0n) is 15.8. The van der Waals surface area contributed by atoms with Gasteiger partial charge in [-0.1, -0.05) is 12.1 Å². The van der Waals surface area contributed by atoms with Crippen LogP contribution in [0.25, 0.3) is 0 Å². The van der Waals surface area contributed by atoms with Gasteiger partial charge in [-0.05, 0) is 50.8 Å². The third kappa shape index (κ3) is 5.31. The van der Waals surface area contributed by atoms with E-state index in [0.717, 1.165) is 70.2 Å². The zero-order valence-corrected chi connectivity index (χ0v) is 18.2. The van der Waals surface area contributed by atoms with Gasteiger partial charge in [0.25, 0.3) is 0 Å². The third-order valence-electron chi connectivity index (χ3n) is 5.30. The van der Waals surface area contributed by atoms with Gasteiger partial charge in [-0.15, -0.1) is 24.0 Å². The van der Waals surface area contributed by atoms with E-state index in [1.807, 2.05) is 13.0 Å². The molecule has 1 aromatic rings. The van der Waals surface area contributed by atoms with Crippen LogP contribution in [0.3, 0.4) is 0 Å². The Labute approximate surface area is 173 Å². The number of rotatable bonds is 7. The molecule has 1 saturated carbocycles. The summed E-state index contributed by atoms with van der Waals surface area (Å²) in [5.41, 5.74) is 1.12. The number of hydrogen-bond acceptors (Lipinski definition) is 2. The van der Waals surface area contributed by atoms with Gasteiger partial charge in [-0.3, -0.25) is 4.99 Å². The molecule has 1 aliphatic heterocycles. The maximum Gasteiger partial charge on any atom is 0.193 e. The van der Waals surface area contributed by atoms with Crippen molar-refractivity contribution in [1.82, 2.24) is 10.2 Å².